The number of piperazine rings is 1. The summed E-state index contributed by atoms with van der Waals surface area (Å²) >= 11 is 0. The molecule has 1 saturated carbocycles. The van der Waals surface area contributed by atoms with E-state index in [1.165, 1.54) is 0 Å². The molecule has 1 amide bonds. The maximum atomic E-state index is 11.6. The monoisotopic (exact) mass is 338 g/mol. The summed E-state index contributed by atoms with van der Waals surface area (Å²) in [7, 11) is 2.18. The van der Waals surface area contributed by atoms with E-state index in [-0.39, 0.29) is 11.8 Å². The smallest absolute Gasteiger partial charge is 0.223 e. The molecule has 0 aromatic carbocycles. The lowest BCUT2D eigenvalue weighted by atomic mass is 10.2. The number of nitrogens with zero attached hydrogens (tertiary/aromatic N) is 3. The van der Waals surface area contributed by atoms with E-state index in [0.29, 0.717) is 19.1 Å². The molecule has 1 atom stereocenters. The fourth-order valence-corrected chi connectivity index (χ4v) is 2.80. The lowest BCUT2D eigenvalue weighted by molar-refractivity contribution is -0.122. The predicted octanol–water partition coefficient (Wildman–Crippen LogP) is -0.296. The molecule has 0 radical (unpaired) electrons. The predicted molar refractivity (Wildman–Crippen MR) is 98.2 cm³/mol. The molecular weight excluding hydrogens is 304 g/mol. The molecule has 2 aliphatic rings. The van der Waals surface area contributed by atoms with Crippen molar-refractivity contribution in [2.45, 2.75) is 32.7 Å². The fourth-order valence-electron chi connectivity index (χ4n) is 2.80. The lowest BCUT2D eigenvalue weighted by Crippen LogP contribution is -2.49. The Kier molecular flexibility index (Phi) is 7.78. The number of likely N-dealkylation sites (N-methyl/N-ethyl adjacent to an activating group) is 1. The van der Waals surface area contributed by atoms with Crippen LogP contribution in [0.4, 0.5) is 0 Å². The topological polar surface area (TPSA) is 72.0 Å². The molecule has 1 heterocycles. The van der Waals surface area contributed by atoms with Gasteiger partial charge in [-0.1, -0.05) is 0 Å². The van der Waals surface area contributed by atoms with Gasteiger partial charge in [0.15, 0.2) is 5.96 Å². The minimum Gasteiger partial charge on any atom is -0.357 e. The Hall–Kier alpha value is -1.34. The first-order valence-corrected chi connectivity index (χ1v) is 9.32. The van der Waals surface area contributed by atoms with Gasteiger partial charge in [0.05, 0.1) is 6.54 Å². The molecule has 1 aliphatic heterocycles. The summed E-state index contributed by atoms with van der Waals surface area (Å²) in [6.45, 7) is 11.8. The molecule has 0 spiro atoms. The average molecular weight is 339 g/mol. The van der Waals surface area contributed by atoms with Gasteiger partial charge in [0, 0.05) is 57.8 Å². The number of rotatable bonds is 8. The molecule has 1 aliphatic carbocycles. The summed E-state index contributed by atoms with van der Waals surface area (Å²) in [6, 6.07) is 0.448. The first-order valence-electron chi connectivity index (χ1n) is 9.32. The number of hydrogen-bond acceptors (Lipinski definition) is 4. The number of carbonyl (C=O) groups is 1. The van der Waals surface area contributed by atoms with Crippen LogP contribution in [0.25, 0.3) is 0 Å². The van der Waals surface area contributed by atoms with Crippen LogP contribution in [-0.4, -0.2) is 87.1 Å². The van der Waals surface area contributed by atoms with Gasteiger partial charge >= 0.3 is 0 Å². The summed E-state index contributed by atoms with van der Waals surface area (Å²) in [5.41, 5.74) is 0. The van der Waals surface area contributed by atoms with Crippen LogP contribution in [0.1, 0.15) is 26.7 Å². The Labute approximate surface area is 146 Å². The van der Waals surface area contributed by atoms with Gasteiger partial charge in [-0.25, -0.2) is 0 Å². The van der Waals surface area contributed by atoms with Crippen molar-refractivity contribution in [3.8, 4) is 0 Å². The highest BCUT2D eigenvalue weighted by Crippen LogP contribution is 2.28. The molecular formula is C17H34N6O. The van der Waals surface area contributed by atoms with Crippen molar-refractivity contribution in [3.05, 3.63) is 0 Å². The van der Waals surface area contributed by atoms with Gasteiger partial charge < -0.3 is 20.9 Å². The molecule has 138 valence electrons. The van der Waals surface area contributed by atoms with Crippen molar-refractivity contribution in [2.24, 2.45) is 10.9 Å². The van der Waals surface area contributed by atoms with Crippen molar-refractivity contribution in [1.82, 2.24) is 25.8 Å². The second-order valence-electron chi connectivity index (χ2n) is 6.90. The van der Waals surface area contributed by atoms with Gasteiger partial charge in [-0.2, -0.15) is 0 Å². The van der Waals surface area contributed by atoms with Crippen LogP contribution >= 0.6 is 0 Å². The molecule has 7 heteroatoms. The number of amides is 1. The number of guanidine groups is 1. The molecule has 3 N–H and O–H groups in total. The largest absolute Gasteiger partial charge is 0.357 e. The van der Waals surface area contributed by atoms with E-state index in [0.717, 1.165) is 58.1 Å². The van der Waals surface area contributed by atoms with Crippen LogP contribution < -0.4 is 16.0 Å². The van der Waals surface area contributed by atoms with E-state index in [4.69, 9.17) is 4.99 Å². The molecule has 2 fully saturated rings. The highest BCUT2D eigenvalue weighted by atomic mass is 16.2. The molecule has 0 aromatic rings. The van der Waals surface area contributed by atoms with E-state index >= 15 is 0 Å². The average Bonchev–Trinajstić information content (AvgIpc) is 3.41. The Morgan fingerprint density at radius 3 is 2.42 bits per heavy atom. The normalized spacial score (nSPS) is 21.4. The van der Waals surface area contributed by atoms with Gasteiger partial charge in [0.2, 0.25) is 5.91 Å². The van der Waals surface area contributed by atoms with Crippen molar-refractivity contribution >= 4 is 11.9 Å². The zero-order valence-electron chi connectivity index (χ0n) is 15.5. The minimum absolute atomic E-state index is 0.197. The van der Waals surface area contributed by atoms with Gasteiger partial charge in [-0.05, 0) is 33.7 Å². The van der Waals surface area contributed by atoms with Crippen molar-refractivity contribution < 1.29 is 4.79 Å². The Morgan fingerprint density at radius 2 is 1.79 bits per heavy atom. The van der Waals surface area contributed by atoms with Crippen molar-refractivity contribution in [1.29, 1.82) is 0 Å². The Balaban J connectivity index is 1.67. The number of hydrogen-bond donors (Lipinski definition) is 3. The van der Waals surface area contributed by atoms with E-state index in [1.54, 1.807) is 0 Å². The Morgan fingerprint density at radius 1 is 1.12 bits per heavy atom. The van der Waals surface area contributed by atoms with Crippen LogP contribution in [0.3, 0.4) is 0 Å². The van der Waals surface area contributed by atoms with Gasteiger partial charge in [-0.3, -0.25) is 14.7 Å². The van der Waals surface area contributed by atoms with Crippen LogP contribution in [-0.2, 0) is 4.79 Å². The molecule has 0 bridgehead atoms. The first kappa shape index (κ1) is 19.0. The maximum Gasteiger partial charge on any atom is 0.223 e. The number of aliphatic imine (C=N–C) groups is 1. The van der Waals surface area contributed by atoms with Crippen LogP contribution in [0.15, 0.2) is 4.99 Å². The SMILES string of the molecule is CCNC(=NCC(C)N1CCN(C)CC1)NCCNC(=O)C1CC1. The molecule has 1 saturated heterocycles. The maximum absolute atomic E-state index is 11.6. The van der Waals surface area contributed by atoms with E-state index in [1.807, 2.05) is 0 Å². The fraction of sp³-hybridized carbons (Fsp3) is 0.882. The highest BCUT2D eigenvalue weighted by molar-refractivity contribution is 5.81. The highest BCUT2D eigenvalue weighted by Gasteiger charge is 2.28. The van der Waals surface area contributed by atoms with Gasteiger partial charge in [0.25, 0.3) is 0 Å². The summed E-state index contributed by atoms with van der Waals surface area (Å²) < 4.78 is 0. The van der Waals surface area contributed by atoms with Crippen LogP contribution in [0, 0.1) is 5.92 Å². The second-order valence-corrected chi connectivity index (χ2v) is 6.90. The van der Waals surface area contributed by atoms with Crippen LogP contribution in [0.5, 0.6) is 0 Å². The first-order chi connectivity index (χ1) is 11.6. The molecule has 0 aromatic heterocycles. The zero-order chi connectivity index (χ0) is 17.4. The third kappa shape index (κ3) is 6.65. The van der Waals surface area contributed by atoms with Crippen molar-refractivity contribution in [3.63, 3.8) is 0 Å². The molecule has 1 unspecified atom stereocenters. The second kappa shape index (κ2) is 9.84. The van der Waals surface area contributed by atoms with E-state index in [2.05, 4.69) is 46.6 Å². The molecule has 7 nitrogen and oxygen atoms in total. The Bertz CT molecular complexity index is 415. The van der Waals surface area contributed by atoms with Gasteiger partial charge in [0.1, 0.15) is 0 Å². The summed E-state index contributed by atoms with van der Waals surface area (Å²) in [5.74, 6) is 1.30. The zero-order valence-corrected chi connectivity index (χ0v) is 15.5. The van der Waals surface area contributed by atoms with Crippen LogP contribution in [0.2, 0.25) is 0 Å². The molecule has 2 rings (SSSR count). The van der Waals surface area contributed by atoms with E-state index in [9.17, 15) is 4.79 Å². The number of carbonyl (C=O) groups excluding carboxylic acids is 1. The minimum atomic E-state index is 0.197. The number of nitrogens with one attached hydrogen (secondary N) is 3. The summed E-state index contributed by atoms with van der Waals surface area (Å²) in [4.78, 5) is 21.2. The summed E-state index contributed by atoms with van der Waals surface area (Å²) in [5, 5.41) is 9.53. The third-order valence-electron chi connectivity index (χ3n) is 4.68. The standard InChI is InChI=1S/C17H34N6O/c1-4-18-17(20-8-7-19-16(24)15-5-6-15)21-13-14(2)23-11-9-22(3)10-12-23/h14-15H,4-13H2,1-3H3,(H,19,24)(H2,18,20,21). The molecule has 24 heavy (non-hydrogen) atoms. The lowest BCUT2D eigenvalue weighted by Gasteiger charge is -2.35. The third-order valence-corrected chi connectivity index (χ3v) is 4.68. The van der Waals surface area contributed by atoms with Crippen molar-refractivity contribution in [2.75, 3.05) is 59.4 Å². The van der Waals surface area contributed by atoms with Gasteiger partial charge in [-0.15, -0.1) is 0 Å². The summed E-state index contributed by atoms with van der Waals surface area (Å²) in [6.07, 6.45) is 2.10. The quantitative estimate of drug-likeness (QED) is 0.322. The van der Waals surface area contributed by atoms with E-state index < -0.39 is 0 Å².